The third-order valence-electron chi connectivity index (χ3n) is 4.84. The molecule has 0 saturated carbocycles. The number of carbonyl (C=O) groups is 1. The summed E-state index contributed by atoms with van der Waals surface area (Å²) in [6, 6.07) is 18.0. The van der Waals surface area contributed by atoms with E-state index in [2.05, 4.69) is 29.6 Å². The van der Waals surface area contributed by atoms with Crippen molar-refractivity contribution in [1.82, 2.24) is 4.90 Å². The third-order valence-corrected chi connectivity index (χ3v) is 4.84. The summed E-state index contributed by atoms with van der Waals surface area (Å²) >= 11 is 0. The molecule has 132 valence electrons. The van der Waals surface area contributed by atoms with Crippen LogP contribution < -0.4 is 10.1 Å². The van der Waals surface area contributed by atoms with Crippen molar-refractivity contribution in [3.63, 3.8) is 0 Å². The highest BCUT2D eigenvalue weighted by Crippen LogP contribution is 2.17. The van der Waals surface area contributed by atoms with E-state index in [0.29, 0.717) is 0 Å². The van der Waals surface area contributed by atoms with E-state index in [1.165, 1.54) is 12.0 Å². The number of methoxy groups -OCH3 is 1. The zero-order valence-electron chi connectivity index (χ0n) is 14.9. The first-order valence-corrected chi connectivity index (χ1v) is 9.08. The molecule has 0 radical (unpaired) electrons. The predicted octanol–water partition coefficient (Wildman–Crippen LogP) is 2.51. The van der Waals surface area contributed by atoms with Gasteiger partial charge in [-0.05, 0) is 43.5 Å². The first kappa shape index (κ1) is 17.5. The number of piperidine rings is 1. The smallest absolute Gasteiger partial charge is 0.285 e. The van der Waals surface area contributed by atoms with Gasteiger partial charge >= 0.3 is 0 Å². The SMILES string of the molecule is COc1ccc(C[NH2+][C@@H](C(=O)N2CCCCC2)c2ccccc2)cc1. The average molecular weight is 339 g/mol. The largest absolute Gasteiger partial charge is 0.497 e. The lowest BCUT2D eigenvalue weighted by atomic mass is 10.0. The maximum Gasteiger partial charge on any atom is 0.285 e. The maximum atomic E-state index is 13.1. The van der Waals surface area contributed by atoms with E-state index in [1.807, 2.05) is 35.2 Å². The molecule has 4 heteroatoms. The molecular formula is C21H27N2O2+. The van der Waals surface area contributed by atoms with Crippen LogP contribution in [-0.4, -0.2) is 31.0 Å². The third kappa shape index (κ3) is 4.60. The second kappa shape index (κ2) is 8.67. The van der Waals surface area contributed by atoms with Gasteiger partial charge in [-0.2, -0.15) is 0 Å². The zero-order chi connectivity index (χ0) is 17.5. The fourth-order valence-electron chi connectivity index (χ4n) is 3.37. The van der Waals surface area contributed by atoms with E-state index in [1.54, 1.807) is 7.11 Å². The predicted molar refractivity (Wildman–Crippen MR) is 98.2 cm³/mol. The fourth-order valence-corrected chi connectivity index (χ4v) is 3.37. The van der Waals surface area contributed by atoms with Gasteiger partial charge in [-0.1, -0.05) is 30.3 Å². The minimum Gasteiger partial charge on any atom is -0.497 e. The van der Waals surface area contributed by atoms with Crippen LogP contribution in [0.2, 0.25) is 0 Å². The Labute approximate surface area is 149 Å². The van der Waals surface area contributed by atoms with Crippen LogP contribution in [0.25, 0.3) is 0 Å². The van der Waals surface area contributed by atoms with Gasteiger partial charge in [0.25, 0.3) is 5.91 Å². The van der Waals surface area contributed by atoms with Gasteiger partial charge in [-0.3, -0.25) is 4.79 Å². The summed E-state index contributed by atoms with van der Waals surface area (Å²) < 4.78 is 5.21. The maximum absolute atomic E-state index is 13.1. The molecule has 1 atom stereocenters. The molecule has 1 saturated heterocycles. The molecule has 0 aliphatic carbocycles. The van der Waals surface area contributed by atoms with Crippen molar-refractivity contribution < 1.29 is 14.8 Å². The lowest BCUT2D eigenvalue weighted by Gasteiger charge is -2.29. The topological polar surface area (TPSA) is 46.1 Å². The second-order valence-electron chi connectivity index (χ2n) is 6.56. The number of quaternary nitrogens is 1. The van der Waals surface area contributed by atoms with E-state index in [9.17, 15) is 4.79 Å². The molecule has 3 rings (SSSR count). The number of nitrogens with zero attached hydrogens (tertiary/aromatic N) is 1. The number of rotatable bonds is 6. The van der Waals surface area contributed by atoms with E-state index in [0.717, 1.165) is 43.8 Å². The molecule has 0 spiro atoms. The molecule has 0 aromatic heterocycles. The highest BCUT2D eigenvalue weighted by molar-refractivity contribution is 5.81. The van der Waals surface area contributed by atoms with Crippen molar-refractivity contribution >= 4 is 5.91 Å². The Morgan fingerprint density at radius 2 is 1.72 bits per heavy atom. The van der Waals surface area contributed by atoms with Gasteiger partial charge in [0.15, 0.2) is 6.04 Å². The normalized spacial score (nSPS) is 15.6. The van der Waals surface area contributed by atoms with Crippen LogP contribution in [-0.2, 0) is 11.3 Å². The van der Waals surface area contributed by atoms with Crippen LogP contribution in [0.4, 0.5) is 0 Å². The van der Waals surface area contributed by atoms with Crippen LogP contribution in [0.15, 0.2) is 54.6 Å². The summed E-state index contributed by atoms with van der Waals surface area (Å²) in [7, 11) is 1.67. The van der Waals surface area contributed by atoms with Crippen LogP contribution in [0.5, 0.6) is 5.75 Å². The highest BCUT2D eigenvalue weighted by Gasteiger charge is 2.29. The minimum absolute atomic E-state index is 0.179. The molecule has 1 fully saturated rings. The molecule has 25 heavy (non-hydrogen) atoms. The summed E-state index contributed by atoms with van der Waals surface area (Å²) in [6.45, 7) is 2.54. The summed E-state index contributed by atoms with van der Waals surface area (Å²) in [5.41, 5.74) is 2.26. The van der Waals surface area contributed by atoms with Crippen molar-refractivity contribution in [2.24, 2.45) is 0 Å². The van der Waals surface area contributed by atoms with Gasteiger partial charge in [0.1, 0.15) is 12.3 Å². The Morgan fingerprint density at radius 1 is 1.04 bits per heavy atom. The van der Waals surface area contributed by atoms with E-state index in [4.69, 9.17) is 4.74 Å². The van der Waals surface area contributed by atoms with Gasteiger partial charge in [0.2, 0.25) is 0 Å². The van der Waals surface area contributed by atoms with Gasteiger partial charge in [0, 0.05) is 24.2 Å². The molecule has 1 aliphatic rings. The summed E-state index contributed by atoms with van der Waals surface area (Å²) in [4.78, 5) is 15.1. The molecule has 2 aromatic carbocycles. The molecule has 1 heterocycles. The van der Waals surface area contributed by atoms with E-state index >= 15 is 0 Å². The Hall–Kier alpha value is -2.33. The standard InChI is InChI=1S/C21H26N2O2/c1-25-19-12-10-17(11-13-19)16-22-20(18-8-4-2-5-9-18)21(24)23-14-6-3-7-15-23/h2,4-5,8-13,20,22H,3,6-7,14-16H2,1H3/p+1/t20-/m1/s1. The molecule has 1 aliphatic heterocycles. The zero-order valence-corrected chi connectivity index (χ0v) is 14.9. The second-order valence-corrected chi connectivity index (χ2v) is 6.56. The number of likely N-dealkylation sites (tertiary alicyclic amines) is 1. The average Bonchev–Trinajstić information content (AvgIpc) is 2.70. The van der Waals surface area contributed by atoms with Crippen LogP contribution in [0.3, 0.4) is 0 Å². The molecule has 0 unspecified atom stereocenters. The number of hydrogen-bond acceptors (Lipinski definition) is 2. The quantitative estimate of drug-likeness (QED) is 0.879. The van der Waals surface area contributed by atoms with Crippen molar-refractivity contribution in [2.45, 2.75) is 31.8 Å². The lowest BCUT2D eigenvalue weighted by molar-refractivity contribution is -0.699. The lowest BCUT2D eigenvalue weighted by Crippen LogP contribution is -2.86. The van der Waals surface area contributed by atoms with Crippen molar-refractivity contribution in [3.8, 4) is 5.75 Å². The summed E-state index contributed by atoms with van der Waals surface area (Å²) in [6.07, 6.45) is 3.47. The Kier molecular flexibility index (Phi) is 6.07. The minimum atomic E-state index is -0.179. The highest BCUT2D eigenvalue weighted by atomic mass is 16.5. The van der Waals surface area contributed by atoms with Gasteiger partial charge in [-0.15, -0.1) is 0 Å². The van der Waals surface area contributed by atoms with Gasteiger partial charge in [-0.25, -0.2) is 0 Å². The Bertz CT molecular complexity index is 664. The number of benzene rings is 2. The van der Waals surface area contributed by atoms with E-state index in [-0.39, 0.29) is 11.9 Å². The number of nitrogens with two attached hydrogens (primary N) is 1. The first-order chi connectivity index (χ1) is 12.3. The Balaban J connectivity index is 1.72. The first-order valence-electron chi connectivity index (χ1n) is 9.08. The van der Waals surface area contributed by atoms with Crippen molar-refractivity contribution in [1.29, 1.82) is 0 Å². The van der Waals surface area contributed by atoms with Crippen LogP contribution >= 0.6 is 0 Å². The van der Waals surface area contributed by atoms with Crippen molar-refractivity contribution in [2.75, 3.05) is 20.2 Å². The van der Waals surface area contributed by atoms with E-state index < -0.39 is 0 Å². The summed E-state index contributed by atoms with van der Waals surface area (Å²) in [5.74, 6) is 1.09. The molecule has 0 bridgehead atoms. The monoisotopic (exact) mass is 339 g/mol. The van der Waals surface area contributed by atoms with Gasteiger partial charge < -0.3 is 15.0 Å². The molecule has 1 amide bonds. The molecule has 2 N–H and O–H groups in total. The van der Waals surface area contributed by atoms with Crippen LogP contribution in [0.1, 0.15) is 36.4 Å². The van der Waals surface area contributed by atoms with Gasteiger partial charge in [0.05, 0.1) is 7.11 Å². The van der Waals surface area contributed by atoms with Crippen LogP contribution in [0, 0.1) is 0 Å². The molecule has 4 nitrogen and oxygen atoms in total. The number of amides is 1. The Morgan fingerprint density at radius 3 is 2.36 bits per heavy atom. The summed E-state index contributed by atoms with van der Waals surface area (Å²) in [5, 5.41) is 2.15. The molecule has 2 aromatic rings. The number of ether oxygens (including phenoxy) is 1. The fraction of sp³-hybridized carbons (Fsp3) is 0.381. The number of carbonyl (C=O) groups excluding carboxylic acids is 1. The number of hydrogen-bond donors (Lipinski definition) is 1. The van der Waals surface area contributed by atoms with Crippen molar-refractivity contribution in [3.05, 3.63) is 65.7 Å². The molecular weight excluding hydrogens is 312 g/mol.